The van der Waals surface area contributed by atoms with Gasteiger partial charge in [-0.15, -0.1) is 0 Å². The molecule has 1 aromatic carbocycles. The van der Waals surface area contributed by atoms with Gasteiger partial charge in [0, 0.05) is 46.1 Å². The lowest BCUT2D eigenvalue weighted by molar-refractivity contribution is -0.159. The van der Waals surface area contributed by atoms with Gasteiger partial charge in [-0.25, -0.2) is 4.79 Å². The average molecular weight is 441 g/mol. The van der Waals surface area contributed by atoms with Crippen LogP contribution in [0, 0.1) is 0 Å². The molecule has 0 spiro atoms. The molecule has 0 N–H and O–H groups in total. The van der Waals surface area contributed by atoms with E-state index in [1.165, 1.54) is 4.90 Å². The maximum atomic E-state index is 12.4. The summed E-state index contributed by atoms with van der Waals surface area (Å²) in [5.41, 5.74) is -0.343. The third-order valence-corrected chi connectivity index (χ3v) is 4.85. The van der Waals surface area contributed by atoms with Crippen molar-refractivity contribution in [1.82, 2.24) is 9.80 Å². The van der Waals surface area contributed by atoms with Gasteiger partial charge >= 0.3 is 5.97 Å². The van der Waals surface area contributed by atoms with Crippen LogP contribution in [0.1, 0.15) is 45.1 Å². The van der Waals surface area contributed by atoms with Crippen molar-refractivity contribution in [3.63, 3.8) is 0 Å². The molecular weight excluding hydrogens is 408 g/mol. The normalized spacial score (nSPS) is 11.0. The Hall–Kier alpha value is -2.28. The van der Waals surface area contributed by atoms with Crippen molar-refractivity contribution >= 4 is 29.4 Å². The molecule has 1 aromatic rings. The summed E-state index contributed by atoms with van der Waals surface area (Å²) in [5.74, 6) is 0.0446. The van der Waals surface area contributed by atoms with Crippen molar-refractivity contribution in [3.8, 4) is 5.75 Å². The molecule has 0 fully saturated rings. The van der Waals surface area contributed by atoms with Crippen molar-refractivity contribution in [2.75, 3.05) is 34.8 Å². The molecule has 30 heavy (non-hydrogen) atoms. The van der Waals surface area contributed by atoms with Crippen LogP contribution in [0.3, 0.4) is 0 Å². The zero-order valence-electron chi connectivity index (χ0n) is 18.8. The van der Waals surface area contributed by atoms with Crippen LogP contribution in [-0.4, -0.2) is 68.0 Å². The summed E-state index contributed by atoms with van der Waals surface area (Å²) in [6, 6.07) is 5.20. The van der Waals surface area contributed by atoms with Gasteiger partial charge in [0.25, 0.3) is 0 Å². The molecule has 0 atom stereocenters. The molecular formula is C22H33ClN2O5. The molecule has 0 aromatic heterocycles. The van der Waals surface area contributed by atoms with E-state index in [1.807, 2.05) is 0 Å². The fourth-order valence-corrected chi connectivity index (χ4v) is 2.79. The van der Waals surface area contributed by atoms with Crippen molar-refractivity contribution in [1.29, 1.82) is 0 Å². The Morgan fingerprint density at radius 3 is 2.10 bits per heavy atom. The van der Waals surface area contributed by atoms with E-state index in [9.17, 15) is 14.4 Å². The van der Waals surface area contributed by atoms with E-state index in [1.54, 1.807) is 65.1 Å². The Kier molecular flexibility index (Phi) is 10.1. The number of hydrogen-bond donors (Lipinski definition) is 0. The molecule has 7 nitrogen and oxygen atoms in total. The number of ether oxygens (including phenoxy) is 2. The summed E-state index contributed by atoms with van der Waals surface area (Å²) >= 11 is 6.27. The molecule has 2 amide bonds. The summed E-state index contributed by atoms with van der Waals surface area (Å²) < 4.78 is 11.1. The van der Waals surface area contributed by atoms with Crippen LogP contribution in [0.15, 0.2) is 18.2 Å². The SMILES string of the molecule is CN(C)C(=O)CCCOC(=O)C(C)(C)Oc1ccc(Cl)c(CCCC(=O)N(C)C)c1. The van der Waals surface area contributed by atoms with Gasteiger partial charge in [0.2, 0.25) is 11.8 Å². The van der Waals surface area contributed by atoms with Crippen molar-refractivity contribution in [3.05, 3.63) is 28.8 Å². The van der Waals surface area contributed by atoms with Gasteiger partial charge in [-0.2, -0.15) is 0 Å². The molecule has 168 valence electrons. The number of halogens is 1. The van der Waals surface area contributed by atoms with Crippen LogP contribution in [0.25, 0.3) is 0 Å². The van der Waals surface area contributed by atoms with Crippen molar-refractivity contribution in [2.24, 2.45) is 0 Å². The molecule has 0 saturated carbocycles. The standard InChI is InChI=1S/C22H33ClN2O5/c1-22(2,21(28)29-14-8-11-20(27)25(5)6)30-17-12-13-18(23)16(15-17)9-7-10-19(26)24(3)4/h12-13,15H,7-11,14H2,1-6H3. The minimum Gasteiger partial charge on any atom is -0.476 e. The fourth-order valence-electron chi connectivity index (χ4n) is 2.58. The molecule has 0 aliphatic rings. The van der Waals surface area contributed by atoms with E-state index in [2.05, 4.69) is 0 Å². The summed E-state index contributed by atoms with van der Waals surface area (Å²) in [6.07, 6.45) is 2.49. The predicted molar refractivity (Wildman–Crippen MR) is 117 cm³/mol. The topological polar surface area (TPSA) is 76.1 Å². The molecule has 0 saturated heterocycles. The van der Waals surface area contributed by atoms with E-state index in [4.69, 9.17) is 21.1 Å². The number of aryl methyl sites for hydroxylation is 1. The Balaban J connectivity index is 2.61. The highest BCUT2D eigenvalue weighted by atomic mass is 35.5. The summed E-state index contributed by atoms with van der Waals surface area (Å²) in [6.45, 7) is 3.41. The molecule has 0 heterocycles. The van der Waals surface area contributed by atoms with E-state index in [0.717, 1.165) is 5.56 Å². The maximum absolute atomic E-state index is 12.4. The number of esters is 1. The number of benzene rings is 1. The Morgan fingerprint density at radius 1 is 0.967 bits per heavy atom. The Labute approximate surface area is 184 Å². The first-order chi connectivity index (χ1) is 13.9. The summed E-state index contributed by atoms with van der Waals surface area (Å²) in [4.78, 5) is 38.7. The summed E-state index contributed by atoms with van der Waals surface area (Å²) in [5, 5.41) is 0.589. The van der Waals surface area contributed by atoms with Gasteiger partial charge in [0.1, 0.15) is 5.75 Å². The lowest BCUT2D eigenvalue weighted by Crippen LogP contribution is -2.40. The van der Waals surface area contributed by atoms with Crippen LogP contribution in [0.4, 0.5) is 0 Å². The first-order valence-electron chi connectivity index (χ1n) is 9.99. The van der Waals surface area contributed by atoms with Gasteiger partial charge < -0.3 is 19.3 Å². The zero-order chi connectivity index (χ0) is 22.9. The monoisotopic (exact) mass is 440 g/mol. The number of rotatable bonds is 11. The lowest BCUT2D eigenvalue weighted by atomic mass is 10.1. The zero-order valence-corrected chi connectivity index (χ0v) is 19.5. The van der Waals surface area contributed by atoms with Crippen LogP contribution >= 0.6 is 11.6 Å². The first kappa shape index (κ1) is 25.8. The number of amides is 2. The van der Waals surface area contributed by atoms with Gasteiger partial charge in [-0.05, 0) is 56.9 Å². The number of carbonyl (C=O) groups excluding carboxylic acids is 3. The Morgan fingerprint density at radius 2 is 1.53 bits per heavy atom. The van der Waals surface area contributed by atoms with Crippen molar-refractivity contribution < 1.29 is 23.9 Å². The highest BCUT2D eigenvalue weighted by Crippen LogP contribution is 2.27. The predicted octanol–water partition coefficient (Wildman–Crippen LogP) is 3.32. The highest BCUT2D eigenvalue weighted by molar-refractivity contribution is 6.31. The molecule has 8 heteroatoms. The Bertz CT molecular complexity index is 747. The number of carbonyl (C=O) groups is 3. The third kappa shape index (κ3) is 8.61. The quantitative estimate of drug-likeness (QED) is 0.389. The highest BCUT2D eigenvalue weighted by Gasteiger charge is 2.32. The van der Waals surface area contributed by atoms with Crippen LogP contribution in [0.5, 0.6) is 5.75 Å². The second-order valence-corrected chi connectivity index (χ2v) is 8.44. The van der Waals surface area contributed by atoms with Gasteiger partial charge in [-0.3, -0.25) is 9.59 Å². The first-order valence-corrected chi connectivity index (χ1v) is 10.4. The maximum Gasteiger partial charge on any atom is 0.349 e. The van der Waals surface area contributed by atoms with E-state index >= 15 is 0 Å². The molecule has 1 rings (SSSR count). The second kappa shape index (κ2) is 11.8. The smallest absolute Gasteiger partial charge is 0.349 e. The summed E-state index contributed by atoms with van der Waals surface area (Å²) in [7, 11) is 6.83. The molecule has 0 aliphatic carbocycles. The third-order valence-electron chi connectivity index (χ3n) is 4.48. The second-order valence-electron chi connectivity index (χ2n) is 8.03. The fraction of sp³-hybridized carbons (Fsp3) is 0.591. The largest absolute Gasteiger partial charge is 0.476 e. The average Bonchev–Trinajstić information content (AvgIpc) is 2.66. The lowest BCUT2D eigenvalue weighted by Gasteiger charge is -2.25. The number of nitrogens with zero attached hydrogens (tertiary/aromatic N) is 2. The van der Waals surface area contributed by atoms with Gasteiger partial charge in [-0.1, -0.05) is 11.6 Å². The molecule has 0 radical (unpaired) electrons. The van der Waals surface area contributed by atoms with Gasteiger partial charge in [0.15, 0.2) is 5.60 Å². The molecule has 0 aliphatic heterocycles. The molecule has 0 bridgehead atoms. The minimum atomic E-state index is -1.20. The van der Waals surface area contributed by atoms with Crippen LogP contribution in [0.2, 0.25) is 5.02 Å². The van der Waals surface area contributed by atoms with Crippen LogP contribution in [-0.2, 0) is 25.5 Å². The van der Waals surface area contributed by atoms with Crippen molar-refractivity contribution in [2.45, 2.75) is 51.6 Å². The molecule has 0 unspecified atom stereocenters. The van der Waals surface area contributed by atoms with E-state index < -0.39 is 11.6 Å². The number of hydrogen-bond acceptors (Lipinski definition) is 5. The van der Waals surface area contributed by atoms with E-state index in [-0.39, 0.29) is 18.4 Å². The minimum absolute atomic E-state index is 0.0115. The van der Waals surface area contributed by atoms with Gasteiger partial charge in [0.05, 0.1) is 6.61 Å². The van der Waals surface area contributed by atoms with Crippen LogP contribution < -0.4 is 4.74 Å². The van der Waals surface area contributed by atoms with E-state index in [0.29, 0.717) is 42.9 Å².